The molecule has 1 N–H and O–H groups in total. The molecule has 6 heteroatoms. The summed E-state index contributed by atoms with van der Waals surface area (Å²) in [5.74, 6) is 0.509. The molecule has 24 heavy (non-hydrogen) atoms. The molecule has 3 rings (SSSR count). The topological polar surface area (TPSA) is 64.7 Å². The molecule has 0 aliphatic rings. The molecule has 6 nitrogen and oxygen atoms in total. The summed E-state index contributed by atoms with van der Waals surface area (Å²) < 4.78 is 3.60. The molecule has 0 fully saturated rings. The summed E-state index contributed by atoms with van der Waals surface area (Å²) in [6.07, 6.45) is 4.12. The Balaban J connectivity index is 1.53. The minimum absolute atomic E-state index is 0.0655. The summed E-state index contributed by atoms with van der Waals surface area (Å²) in [5.41, 5.74) is 3.39. The molecule has 124 valence electrons. The highest BCUT2D eigenvalue weighted by Gasteiger charge is 2.07. The summed E-state index contributed by atoms with van der Waals surface area (Å²) in [7, 11) is 0. The number of hydrogen-bond donors (Lipinski definition) is 1. The summed E-state index contributed by atoms with van der Waals surface area (Å²) >= 11 is 0. The zero-order valence-electron chi connectivity index (χ0n) is 13.9. The van der Waals surface area contributed by atoms with Crippen molar-refractivity contribution in [3.05, 3.63) is 65.6 Å². The van der Waals surface area contributed by atoms with Crippen LogP contribution in [0.4, 0.5) is 5.82 Å². The van der Waals surface area contributed by atoms with E-state index in [4.69, 9.17) is 0 Å². The Bertz CT molecular complexity index is 833. The summed E-state index contributed by atoms with van der Waals surface area (Å²) in [4.78, 5) is 12.0. The van der Waals surface area contributed by atoms with Crippen molar-refractivity contribution in [1.82, 2.24) is 19.6 Å². The molecule has 3 aromatic rings. The van der Waals surface area contributed by atoms with Gasteiger partial charge in [0.05, 0.1) is 12.2 Å². The van der Waals surface area contributed by atoms with Crippen molar-refractivity contribution in [2.45, 2.75) is 33.4 Å². The lowest BCUT2D eigenvalue weighted by Crippen LogP contribution is -2.15. The van der Waals surface area contributed by atoms with Crippen LogP contribution in [0.5, 0.6) is 0 Å². The van der Waals surface area contributed by atoms with Gasteiger partial charge in [0, 0.05) is 31.4 Å². The molecule has 0 atom stereocenters. The number of anilines is 1. The molecule has 0 saturated carbocycles. The first-order valence-electron chi connectivity index (χ1n) is 7.98. The first kappa shape index (κ1) is 16.0. The van der Waals surface area contributed by atoms with Crippen LogP contribution >= 0.6 is 0 Å². The third kappa shape index (κ3) is 4.10. The van der Waals surface area contributed by atoms with Crippen LogP contribution in [-0.4, -0.2) is 25.5 Å². The van der Waals surface area contributed by atoms with Crippen LogP contribution in [0.25, 0.3) is 0 Å². The first-order chi connectivity index (χ1) is 11.6. The van der Waals surface area contributed by atoms with E-state index in [1.165, 1.54) is 11.1 Å². The van der Waals surface area contributed by atoms with E-state index in [1.807, 2.05) is 48.3 Å². The number of nitrogens with one attached hydrogen (secondary N) is 1. The summed E-state index contributed by atoms with van der Waals surface area (Å²) in [5, 5.41) is 11.5. The number of aryl methyl sites for hydroxylation is 3. The monoisotopic (exact) mass is 323 g/mol. The maximum atomic E-state index is 12.0. The Morgan fingerprint density at radius 3 is 2.58 bits per heavy atom. The van der Waals surface area contributed by atoms with Crippen molar-refractivity contribution >= 4 is 11.7 Å². The lowest BCUT2D eigenvalue weighted by Gasteiger charge is -2.06. The Labute approximate surface area is 141 Å². The average Bonchev–Trinajstić information content (AvgIpc) is 3.17. The number of rotatable bonds is 6. The van der Waals surface area contributed by atoms with Gasteiger partial charge < -0.3 is 5.32 Å². The van der Waals surface area contributed by atoms with E-state index in [9.17, 15) is 4.79 Å². The maximum Gasteiger partial charge on any atom is 0.227 e. The smallest absolute Gasteiger partial charge is 0.227 e. The van der Waals surface area contributed by atoms with Crippen LogP contribution in [0.3, 0.4) is 0 Å². The lowest BCUT2D eigenvalue weighted by molar-refractivity contribution is -0.116. The van der Waals surface area contributed by atoms with Gasteiger partial charge in [-0.1, -0.05) is 24.3 Å². The molecule has 0 radical (unpaired) electrons. The lowest BCUT2D eigenvalue weighted by atomic mass is 10.1. The predicted molar refractivity (Wildman–Crippen MR) is 92.7 cm³/mol. The van der Waals surface area contributed by atoms with Gasteiger partial charge in [-0.15, -0.1) is 0 Å². The van der Waals surface area contributed by atoms with Gasteiger partial charge >= 0.3 is 0 Å². The van der Waals surface area contributed by atoms with E-state index < -0.39 is 0 Å². The fourth-order valence-corrected chi connectivity index (χ4v) is 2.49. The average molecular weight is 323 g/mol. The SMILES string of the molecule is Cc1ccn(CCC(=O)Nc2ccn(Cc3ccccc3C)n2)n1. The second-order valence-electron chi connectivity index (χ2n) is 5.84. The highest BCUT2D eigenvalue weighted by atomic mass is 16.1. The number of hydrogen-bond acceptors (Lipinski definition) is 3. The second kappa shape index (κ2) is 7.12. The van der Waals surface area contributed by atoms with Gasteiger partial charge in [-0.3, -0.25) is 14.2 Å². The third-order valence-electron chi connectivity index (χ3n) is 3.84. The number of amides is 1. The minimum atomic E-state index is -0.0655. The molecule has 0 saturated heterocycles. The van der Waals surface area contributed by atoms with Gasteiger partial charge in [-0.05, 0) is 31.0 Å². The van der Waals surface area contributed by atoms with Gasteiger partial charge in [0.2, 0.25) is 5.91 Å². The van der Waals surface area contributed by atoms with Crippen molar-refractivity contribution in [3.8, 4) is 0 Å². The first-order valence-corrected chi connectivity index (χ1v) is 7.98. The van der Waals surface area contributed by atoms with E-state index in [0.717, 1.165) is 5.69 Å². The van der Waals surface area contributed by atoms with Crippen LogP contribution in [0.15, 0.2) is 48.8 Å². The number of nitrogens with zero attached hydrogens (tertiary/aromatic N) is 4. The van der Waals surface area contributed by atoms with Crippen molar-refractivity contribution < 1.29 is 4.79 Å². The van der Waals surface area contributed by atoms with Crippen molar-refractivity contribution in [3.63, 3.8) is 0 Å². The van der Waals surface area contributed by atoms with Crippen molar-refractivity contribution in [2.75, 3.05) is 5.32 Å². The normalized spacial score (nSPS) is 10.8. The fraction of sp³-hybridized carbons (Fsp3) is 0.278. The van der Waals surface area contributed by atoms with Gasteiger partial charge in [-0.25, -0.2) is 0 Å². The molecule has 0 unspecified atom stereocenters. The third-order valence-corrected chi connectivity index (χ3v) is 3.84. The fourth-order valence-electron chi connectivity index (χ4n) is 2.49. The van der Waals surface area contributed by atoms with Crippen LogP contribution < -0.4 is 5.32 Å². The van der Waals surface area contributed by atoms with Crippen LogP contribution in [0, 0.1) is 13.8 Å². The second-order valence-corrected chi connectivity index (χ2v) is 5.84. The number of aromatic nitrogens is 4. The predicted octanol–water partition coefficient (Wildman–Crippen LogP) is 2.77. The standard InChI is InChI=1S/C18H21N5O/c1-14-5-3-4-6-16(14)13-23-11-8-17(21-23)19-18(24)9-12-22-10-7-15(2)20-22/h3-8,10-11H,9,12-13H2,1-2H3,(H,19,21,24). The largest absolute Gasteiger partial charge is 0.309 e. The minimum Gasteiger partial charge on any atom is -0.309 e. The summed E-state index contributed by atoms with van der Waals surface area (Å²) in [6, 6.07) is 11.9. The highest BCUT2D eigenvalue weighted by molar-refractivity contribution is 5.89. The van der Waals surface area contributed by atoms with E-state index >= 15 is 0 Å². The zero-order valence-corrected chi connectivity index (χ0v) is 13.9. The number of carbonyl (C=O) groups is 1. The van der Waals surface area contributed by atoms with E-state index in [0.29, 0.717) is 25.3 Å². The molecule has 0 spiro atoms. The van der Waals surface area contributed by atoms with E-state index in [2.05, 4.69) is 34.6 Å². The van der Waals surface area contributed by atoms with E-state index in [-0.39, 0.29) is 5.91 Å². The maximum absolute atomic E-state index is 12.0. The Morgan fingerprint density at radius 1 is 1.04 bits per heavy atom. The van der Waals surface area contributed by atoms with Gasteiger partial charge in [0.25, 0.3) is 0 Å². The quantitative estimate of drug-likeness (QED) is 0.758. The van der Waals surface area contributed by atoms with Crippen LogP contribution in [0.2, 0.25) is 0 Å². The molecule has 0 aliphatic heterocycles. The van der Waals surface area contributed by atoms with E-state index in [1.54, 1.807) is 4.68 Å². The van der Waals surface area contributed by atoms with Gasteiger partial charge in [0.1, 0.15) is 0 Å². The molecule has 1 amide bonds. The number of carbonyl (C=O) groups excluding carboxylic acids is 1. The molecule has 2 aromatic heterocycles. The molecular weight excluding hydrogens is 302 g/mol. The van der Waals surface area contributed by atoms with Gasteiger partial charge in [-0.2, -0.15) is 10.2 Å². The molecule has 2 heterocycles. The Morgan fingerprint density at radius 2 is 1.83 bits per heavy atom. The molecule has 0 aliphatic carbocycles. The molecular formula is C18H21N5O. The van der Waals surface area contributed by atoms with Gasteiger partial charge in [0.15, 0.2) is 5.82 Å². The summed E-state index contributed by atoms with van der Waals surface area (Å²) in [6.45, 7) is 5.26. The van der Waals surface area contributed by atoms with Crippen LogP contribution in [-0.2, 0) is 17.9 Å². The zero-order chi connectivity index (χ0) is 16.9. The molecule has 0 bridgehead atoms. The Hall–Kier alpha value is -2.89. The van der Waals surface area contributed by atoms with Crippen molar-refractivity contribution in [1.29, 1.82) is 0 Å². The van der Waals surface area contributed by atoms with Crippen molar-refractivity contribution in [2.24, 2.45) is 0 Å². The number of benzene rings is 1. The Kier molecular flexibility index (Phi) is 4.74. The van der Waals surface area contributed by atoms with Crippen LogP contribution in [0.1, 0.15) is 23.2 Å². The highest BCUT2D eigenvalue weighted by Crippen LogP contribution is 2.10. The molecule has 1 aromatic carbocycles.